The Morgan fingerprint density at radius 3 is 1.26 bits per heavy atom. The summed E-state index contributed by atoms with van der Waals surface area (Å²) < 4.78 is 19.1. The quantitative estimate of drug-likeness (QED) is 0.0794. The standard InChI is InChI=1S/C25H56NO3Si.HI/c1-7-11-12-13-14-15-16-17-18-19-20-21-23-26(5,6)24-22-25-30(27-8-2,28-9-3)29-10-4;/h7-25H2,1-6H3;1H/q+1;/p-1. The van der Waals surface area contributed by atoms with Crippen molar-refractivity contribution in [3.05, 3.63) is 0 Å². The first-order valence-electron chi connectivity index (χ1n) is 13.2. The molecule has 0 saturated heterocycles. The van der Waals surface area contributed by atoms with E-state index in [2.05, 4.69) is 21.0 Å². The van der Waals surface area contributed by atoms with Gasteiger partial charge >= 0.3 is 8.80 Å². The minimum Gasteiger partial charge on any atom is -1.00 e. The first-order chi connectivity index (χ1) is 14.4. The minimum atomic E-state index is -2.48. The monoisotopic (exact) mass is 573 g/mol. The lowest BCUT2D eigenvalue weighted by atomic mass is 10.1. The molecule has 0 atom stereocenters. The zero-order valence-electron chi connectivity index (χ0n) is 22.0. The van der Waals surface area contributed by atoms with Crippen LogP contribution in [0.25, 0.3) is 0 Å². The summed E-state index contributed by atoms with van der Waals surface area (Å²) in [6, 6.07) is 0.933. The maximum Gasteiger partial charge on any atom is 0.501 e. The number of unbranched alkanes of at least 4 members (excludes halogenated alkanes) is 11. The van der Waals surface area contributed by atoms with Gasteiger partial charge in [-0.25, -0.2) is 0 Å². The van der Waals surface area contributed by atoms with Gasteiger partial charge in [-0.3, -0.25) is 0 Å². The van der Waals surface area contributed by atoms with E-state index in [1.165, 1.54) is 90.1 Å². The Labute approximate surface area is 214 Å². The Morgan fingerprint density at radius 1 is 0.516 bits per heavy atom. The summed E-state index contributed by atoms with van der Waals surface area (Å²) in [7, 11) is 2.25. The summed E-state index contributed by atoms with van der Waals surface area (Å²) in [5.41, 5.74) is 0. The fourth-order valence-electron chi connectivity index (χ4n) is 4.22. The first kappa shape index (κ1) is 34.0. The van der Waals surface area contributed by atoms with Crippen molar-refractivity contribution in [2.75, 3.05) is 47.0 Å². The van der Waals surface area contributed by atoms with Gasteiger partial charge in [0.25, 0.3) is 0 Å². The minimum absolute atomic E-state index is 0. The molecule has 0 aromatic heterocycles. The van der Waals surface area contributed by atoms with E-state index in [0.29, 0.717) is 19.8 Å². The van der Waals surface area contributed by atoms with Crippen LogP contribution in [0.4, 0.5) is 0 Å². The third-order valence-electron chi connectivity index (χ3n) is 5.96. The van der Waals surface area contributed by atoms with E-state index in [-0.39, 0.29) is 24.0 Å². The van der Waals surface area contributed by atoms with Gasteiger partial charge in [0, 0.05) is 32.3 Å². The number of hydrogen-bond donors (Lipinski definition) is 0. The fourth-order valence-corrected chi connectivity index (χ4v) is 6.81. The second-order valence-corrected chi connectivity index (χ2v) is 12.1. The molecule has 0 radical (unpaired) electrons. The average Bonchev–Trinajstić information content (AvgIpc) is 2.69. The van der Waals surface area contributed by atoms with E-state index >= 15 is 0 Å². The molecule has 0 heterocycles. The highest BCUT2D eigenvalue weighted by molar-refractivity contribution is 6.60. The van der Waals surface area contributed by atoms with E-state index in [4.69, 9.17) is 13.3 Å². The van der Waals surface area contributed by atoms with Crippen LogP contribution < -0.4 is 24.0 Å². The molecule has 0 unspecified atom stereocenters. The molecule has 4 nitrogen and oxygen atoms in total. The molecule has 0 N–H and O–H groups in total. The van der Waals surface area contributed by atoms with Crippen molar-refractivity contribution < 1.29 is 41.7 Å². The van der Waals surface area contributed by atoms with Crippen LogP contribution in [0.5, 0.6) is 0 Å². The van der Waals surface area contributed by atoms with Gasteiger partial charge in [-0.05, 0) is 33.6 Å². The van der Waals surface area contributed by atoms with Crippen molar-refractivity contribution in [2.45, 2.75) is 117 Å². The maximum atomic E-state index is 5.99. The molecule has 0 rings (SSSR count). The number of quaternary nitrogens is 1. The molecular weight excluding hydrogens is 517 g/mol. The molecule has 190 valence electrons. The van der Waals surface area contributed by atoms with E-state index in [9.17, 15) is 0 Å². The predicted octanol–water partition coefficient (Wildman–Crippen LogP) is 4.21. The SMILES string of the molecule is CCCCCCCCCCCCCC[N+](C)(C)CCC[Si](OCC)(OCC)OCC.[I-]. The maximum absolute atomic E-state index is 5.99. The Balaban J connectivity index is 0. The van der Waals surface area contributed by atoms with E-state index in [0.717, 1.165) is 16.9 Å². The van der Waals surface area contributed by atoms with Crippen molar-refractivity contribution in [3.63, 3.8) is 0 Å². The van der Waals surface area contributed by atoms with Crippen LogP contribution >= 0.6 is 0 Å². The lowest BCUT2D eigenvalue weighted by Gasteiger charge is -2.32. The topological polar surface area (TPSA) is 27.7 Å². The second kappa shape index (κ2) is 22.6. The second-order valence-electron chi connectivity index (χ2n) is 9.36. The van der Waals surface area contributed by atoms with Gasteiger partial charge in [0.15, 0.2) is 0 Å². The molecule has 0 amide bonds. The number of nitrogens with zero attached hydrogens (tertiary/aromatic N) is 1. The first-order valence-corrected chi connectivity index (χ1v) is 15.1. The van der Waals surface area contributed by atoms with Crippen LogP contribution in [-0.2, 0) is 13.3 Å². The molecule has 0 aromatic rings. The molecule has 31 heavy (non-hydrogen) atoms. The Morgan fingerprint density at radius 2 is 0.871 bits per heavy atom. The Bertz CT molecular complexity index is 356. The van der Waals surface area contributed by atoms with Gasteiger partial charge in [0.05, 0.1) is 27.2 Å². The van der Waals surface area contributed by atoms with Crippen LogP contribution in [0.2, 0.25) is 6.04 Å². The van der Waals surface area contributed by atoms with Crippen LogP contribution in [0.1, 0.15) is 111 Å². The molecule has 0 aliphatic heterocycles. The molecule has 0 saturated carbocycles. The number of rotatable bonds is 23. The summed E-state index contributed by atoms with van der Waals surface area (Å²) >= 11 is 0. The average molecular weight is 574 g/mol. The highest BCUT2D eigenvalue weighted by Crippen LogP contribution is 2.20. The number of hydrogen-bond acceptors (Lipinski definition) is 3. The number of halogens is 1. The predicted molar refractivity (Wildman–Crippen MR) is 133 cm³/mol. The summed E-state index contributed by atoms with van der Waals surface area (Å²) in [6.07, 6.45) is 18.1. The van der Waals surface area contributed by atoms with Gasteiger partial charge in [-0.2, -0.15) is 0 Å². The van der Waals surface area contributed by atoms with Crippen LogP contribution in [0, 0.1) is 0 Å². The van der Waals surface area contributed by atoms with Crippen molar-refractivity contribution >= 4 is 8.80 Å². The Kier molecular flexibility index (Phi) is 24.7. The zero-order chi connectivity index (χ0) is 22.6. The summed E-state index contributed by atoms with van der Waals surface area (Å²) in [5.74, 6) is 0. The third kappa shape index (κ3) is 19.9. The van der Waals surface area contributed by atoms with Crippen molar-refractivity contribution in [3.8, 4) is 0 Å². The summed E-state index contributed by atoms with van der Waals surface area (Å²) in [4.78, 5) is 0. The van der Waals surface area contributed by atoms with E-state index in [1.807, 2.05) is 20.8 Å². The van der Waals surface area contributed by atoms with Gasteiger partial charge in [0.1, 0.15) is 0 Å². The fraction of sp³-hybridized carbons (Fsp3) is 1.00. The van der Waals surface area contributed by atoms with Gasteiger partial charge in [-0.1, -0.05) is 71.1 Å². The van der Waals surface area contributed by atoms with Gasteiger partial charge in [-0.15, -0.1) is 0 Å². The lowest BCUT2D eigenvalue weighted by molar-refractivity contribution is -0.890. The van der Waals surface area contributed by atoms with Crippen LogP contribution in [0.3, 0.4) is 0 Å². The largest absolute Gasteiger partial charge is 1.00 e. The summed E-state index contributed by atoms with van der Waals surface area (Å²) in [5, 5.41) is 0. The summed E-state index contributed by atoms with van der Waals surface area (Å²) in [6.45, 7) is 12.8. The molecule has 0 aliphatic carbocycles. The van der Waals surface area contributed by atoms with E-state index in [1.54, 1.807) is 0 Å². The smallest absolute Gasteiger partial charge is 0.501 e. The van der Waals surface area contributed by atoms with Crippen molar-refractivity contribution in [2.24, 2.45) is 0 Å². The molecule has 6 heteroatoms. The molecule has 0 aromatic carbocycles. The highest BCUT2D eigenvalue weighted by Gasteiger charge is 2.40. The van der Waals surface area contributed by atoms with Crippen LogP contribution in [0.15, 0.2) is 0 Å². The van der Waals surface area contributed by atoms with E-state index < -0.39 is 8.80 Å². The lowest BCUT2D eigenvalue weighted by Crippen LogP contribution is -3.00. The molecule has 0 aliphatic rings. The van der Waals surface area contributed by atoms with Crippen LogP contribution in [-0.4, -0.2) is 60.3 Å². The molecule has 0 spiro atoms. The van der Waals surface area contributed by atoms with Gasteiger partial charge in [0.2, 0.25) is 0 Å². The normalized spacial score (nSPS) is 12.2. The molecule has 0 bridgehead atoms. The van der Waals surface area contributed by atoms with Gasteiger partial charge < -0.3 is 41.7 Å². The zero-order valence-corrected chi connectivity index (χ0v) is 25.1. The Hall–Kier alpha value is 0.787. The highest BCUT2D eigenvalue weighted by atomic mass is 127. The van der Waals surface area contributed by atoms with Crippen molar-refractivity contribution in [1.29, 1.82) is 0 Å². The third-order valence-corrected chi connectivity index (χ3v) is 9.11. The van der Waals surface area contributed by atoms with Crippen molar-refractivity contribution in [1.82, 2.24) is 0 Å². The molecule has 0 fully saturated rings. The molecular formula is C25H56INO3Si.